The third kappa shape index (κ3) is 4.69. The molecule has 4 rings (SSSR count). The number of nitrogens with one attached hydrogen (secondary N) is 2. The van der Waals surface area contributed by atoms with E-state index < -0.39 is 23.5 Å². The highest BCUT2D eigenvalue weighted by Gasteiger charge is 2.31. The first kappa shape index (κ1) is 22.0. The Labute approximate surface area is 188 Å². The van der Waals surface area contributed by atoms with E-state index in [9.17, 15) is 14.4 Å². The number of nitrogens with zero attached hydrogens (tertiary/aromatic N) is 2. The molecule has 0 atom stereocenters. The van der Waals surface area contributed by atoms with E-state index in [1.165, 1.54) is 0 Å². The van der Waals surface area contributed by atoms with Crippen molar-refractivity contribution in [3.05, 3.63) is 65.4 Å². The first-order valence-electron chi connectivity index (χ1n) is 10.2. The number of carbonyl (C=O) groups is 3. The van der Waals surface area contributed by atoms with Gasteiger partial charge in [0.1, 0.15) is 6.61 Å². The van der Waals surface area contributed by atoms with Crippen LogP contribution in [0.2, 0.25) is 0 Å². The lowest BCUT2D eigenvalue weighted by Crippen LogP contribution is -2.45. The lowest BCUT2D eigenvalue weighted by atomic mass is 9.98. The maximum Gasteiger partial charge on any atom is 0.412 e. The van der Waals surface area contributed by atoms with Gasteiger partial charge in [0, 0.05) is 11.5 Å². The second-order valence-corrected chi connectivity index (χ2v) is 8.32. The summed E-state index contributed by atoms with van der Waals surface area (Å²) in [5, 5.41) is 20.9. The van der Waals surface area contributed by atoms with E-state index in [-0.39, 0.29) is 30.5 Å². The van der Waals surface area contributed by atoms with Crippen molar-refractivity contribution in [1.82, 2.24) is 15.6 Å². The molecule has 0 radical (unpaired) electrons. The highest BCUT2D eigenvalue weighted by Crippen LogP contribution is 2.44. The SMILES string of the molecule is CC(C)(CC(=O)O)NC(=O)c1nonc1NC(=O)OCC1c2ccccc2-c2ccccc21. The van der Waals surface area contributed by atoms with Crippen molar-refractivity contribution < 1.29 is 28.9 Å². The summed E-state index contributed by atoms with van der Waals surface area (Å²) >= 11 is 0. The van der Waals surface area contributed by atoms with Crippen molar-refractivity contribution in [3.63, 3.8) is 0 Å². The van der Waals surface area contributed by atoms with Gasteiger partial charge in [0.25, 0.3) is 5.91 Å². The molecule has 33 heavy (non-hydrogen) atoms. The fraction of sp³-hybridized carbons (Fsp3) is 0.261. The Hall–Kier alpha value is -4.21. The van der Waals surface area contributed by atoms with Crippen LogP contribution in [0.15, 0.2) is 53.2 Å². The van der Waals surface area contributed by atoms with Crippen LogP contribution in [0.5, 0.6) is 0 Å². The van der Waals surface area contributed by atoms with E-state index in [0.717, 1.165) is 22.3 Å². The molecule has 10 nitrogen and oxygen atoms in total. The molecule has 0 spiro atoms. The average molecular weight is 450 g/mol. The van der Waals surface area contributed by atoms with E-state index >= 15 is 0 Å². The molecule has 1 aliphatic carbocycles. The van der Waals surface area contributed by atoms with Crippen LogP contribution in [-0.2, 0) is 9.53 Å². The first-order valence-corrected chi connectivity index (χ1v) is 10.2. The fourth-order valence-electron chi connectivity index (χ4n) is 3.94. The Morgan fingerprint density at radius 2 is 1.64 bits per heavy atom. The molecule has 1 aromatic heterocycles. The van der Waals surface area contributed by atoms with Crippen LogP contribution in [0, 0.1) is 0 Å². The molecule has 1 aliphatic rings. The van der Waals surface area contributed by atoms with Crippen LogP contribution < -0.4 is 10.6 Å². The van der Waals surface area contributed by atoms with Gasteiger partial charge in [-0.25, -0.2) is 9.42 Å². The minimum absolute atomic E-state index is 0.0817. The van der Waals surface area contributed by atoms with Crippen LogP contribution in [-0.4, -0.2) is 45.5 Å². The molecule has 3 N–H and O–H groups in total. The Morgan fingerprint density at radius 3 is 2.24 bits per heavy atom. The molecule has 170 valence electrons. The molecular weight excluding hydrogens is 428 g/mol. The normalized spacial score (nSPS) is 12.5. The summed E-state index contributed by atoms with van der Waals surface area (Å²) in [7, 11) is 0. The molecule has 0 fully saturated rings. The van der Waals surface area contributed by atoms with Crippen molar-refractivity contribution in [2.24, 2.45) is 0 Å². The monoisotopic (exact) mass is 450 g/mol. The summed E-state index contributed by atoms with van der Waals surface area (Å²) < 4.78 is 10.0. The third-order valence-corrected chi connectivity index (χ3v) is 5.31. The Kier molecular flexibility index (Phi) is 5.82. The van der Waals surface area contributed by atoms with Crippen molar-refractivity contribution in [2.45, 2.75) is 31.7 Å². The smallest absolute Gasteiger partial charge is 0.412 e. The lowest BCUT2D eigenvalue weighted by molar-refractivity contribution is -0.138. The number of fused-ring (bicyclic) bond motifs is 3. The van der Waals surface area contributed by atoms with Gasteiger partial charge in [-0.2, -0.15) is 0 Å². The number of anilines is 1. The molecule has 3 aromatic rings. The lowest BCUT2D eigenvalue weighted by Gasteiger charge is -2.23. The van der Waals surface area contributed by atoms with Gasteiger partial charge >= 0.3 is 12.1 Å². The Morgan fingerprint density at radius 1 is 1.03 bits per heavy atom. The van der Waals surface area contributed by atoms with Crippen molar-refractivity contribution >= 4 is 23.8 Å². The first-order chi connectivity index (χ1) is 15.7. The number of carboxylic acid groups (broad SMARTS) is 1. The van der Waals surface area contributed by atoms with Crippen LogP contribution in [0.4, 0.5) is 10.6 Å². The van der Waals surface area contributed by atoms with Gasteiger partial charge in [-0.1, -0.05) is 48.5 Å². The van der Waals surface area contributed by atoms with Crippen molar-refractivity contribution in [1.29, 1.82) is 0 Å². The Bertz CT molecular complexity index is 1170. The molecule has 10 heteroatoms. The molecule has 0 saturated carbocycles. The van der Waals surface area contributed by atoms with E-state index in [1.54, 1.807) is 13.8 Å². The number of hydrogen-bond acceptors (Lipinski definition) is 7. The molecule has 0 unspecified atom stereocenters. The quantitative estimate of drug-likeness (QED) is 0.497. The molecule has 1 heterocycles. The number of hydrogen-bond donors (Lipinski definition) is 3. The summed E-state index contributed by atoms with van der Waals surface area (Å²) in [6.45, 7) is 3.18. The topological polar surface area (TPSA) is 144 Å². The molecule has 0 saturated heterocycles. The minimum Gasteiger partial charge on any atom is -0.481 e. The zero-order valence-corrected chi connectivity index (χ0v) is 18.0. The summed E-state index contributed by atoms with van der Waals surface area (Å²) in [6, 6.07) is 15.9. The number of amides is 2. The highest BCUT2D eigenvalue weighted by molar-refractivity contribution is 6.00. The predicted molar refractivity (Wildman–Crippen MR) is 117 cm³/mol. The second-order valence-electron chi connectivity index (χ2n) is 8.32. The second kappa shape index (κ2) is 8.73. The maximum absolute atomic E-state index is 12.5. The summed E-state index contributed by atoms with van der Waals surface area (Å²) in [5.74, 6) is -2.17. The number of carbonyl (C=O) groups excluding carboxylic acids is 2. The summed E-state index contributed by atoms with van der Waals surface area (Å²) in [6.07, 6.45) is -1.13. The number of aromatic nitrogens is 2. The fourth-order valence-corrected chi connectivity index (χ4v) is 3.94. The predicted octanol–water partition coefficient (Wildman–Crippen LogP) is 3.41. The molecular formula is C23H22N4O6. The zero-order chi connectivity index (χ0) is 23.6. The largest absolute Gasteiger partial charge is 0.481 e. The maximum atomic E-state index is 12.5. The van der Waals surface area contributed by atoms with E-state index in [1.807, 2.05) is 48.5 Å². The molecule has 0 aliphatic heterocycles. The number of aliphatic carboxylic acids is 1. The minimum atomic E-state index is -1.07. The third-order valence-electron chi connectivity index (χ3n) is 5.31. The zero-order valence-electron chi connectivity index (χ0n) is 18.0. The van der Waals surface area contributed by atoms with Crippen LogP contribution in [0.1, 0.15) is 47.8 Å². The number of carboxylic acids is 1. The van der Waals surface area contributed by atoms with Gasteiger partial charge in [0.05, 0.1) is 6.42 Å². The van der Waals surface area contributed by atoms with E-state index in [4.69, 9.17) is 9.84 Å². The van der Waals surface area contributed by atoms with E-state index in [2.05, 4.69) is 25.6 Å². The number of ether oxygens (including phenoxy) is 1. The van der Waals surface area contributed by atoms with Crippen molar-refractivity contribution in [3.8, 4) is 11.1 Å². The highest BCUT2D eigenvalue weighted by atomic mass is 16.6. The van der Waals surface area contributed by atoms with Crippen LogP contribution >= 0.6 is 0 Å². The number of benzene rings is 2. The molecule has 0 bridgehead atoms. The Balaban J connectivity index is 1.42. The van der Waals surface area contributed by atoms with E-state index in [0.29, 0.717) is 0 Å². The van der Waals surface area contributed by atoms with Crippen LogP contribution in [0.3, 0.4) is 0 Å². The van der Waals surface area contributed by atoms with Crippen molar-refractivity contribution in [2.75, 3.05) is 11.9 Å². The molecule has 2 aromatic carbocycles. The van der Waals surface area contributed by atoms with Gasteiger partial charge in [-0.15, -0.1) is 0 Å². The van der Waals surface area contributed by atoms with Gasteiger partial charge in [0.2, 0.25) is 11.5 Å². The summed E-state index contributed by atoms with van der Waals surface area (Å²) in [5.41, 5.74) is 2.99. The molecule has 2 amide bonds. The standard InChI is InChI=1S/C23H22N4O6/c1-23(2,11-18(28)29)25-21(30)19-20(27-33-26-19)24-22(31)32-12-17-15-9-5-3-7-13(15)14-8-4-6-10-16(14)17/h3-10,17H,11-12H2,1-2H3,(H,25,30)(H,28,29)(H,24,27,31). The van der Waals surface area contributed by atoms with Gasteiger partial charge in [0.15, 0.2) is 0 Å². The van der Waals surface area contributed by atoms with Crippen LogP contribution in [0.25, 0.3) is 11.1 Å². The van der Waals surface area contributed by atoms with Gasteiger partial charge in [-0.3, -0.25) is 14.9 Å². The summed E-state index contributed by atoms with van der Waals surface area (Å²) in [4.78, 5) is 35.9. The number of rotatable bonds is 7. The van der Waals surface area contributed by atoms with Gasteiger partial charge in [-0.05, 0) is 46.4 Å². The average Bonchev–Trinajstić information content (AvgIpc) is 3.33. The van der Waals surface area contributed by atoms with Gasteiger partial charge < -0.3 is 15.2 Å².